The third kappa shape index (κ3) is 4.50. The topological polar surface area (TPSA) is 33.7 Å². The molecular formula is C25H22Cl2N2O2. The Kier molecular flexibility index (Phi) is 6.40. The van der Waals surface area contributed by atoms with E-state index in [1.807, 2.05) is 77.8 Å². The lowest BCUT2D eigenvalue weighted by Crippen LogP contribution is -2.34. The van der Waals surface area contributed by atoms with Gasteiger partial charge in [0.25, 0.3) is 0 Å². The zero-order valence-corrected chi connectivity index (χ0v) is 18.7. The minimum atomic E-state index is -0.132. The van der Waals surface area contributed by atoms with Gasteiger partial charge in [0.05, 0.1) is 36.7 Å². The van der Waals surface area contributed by atoms with Crippen LogP contribution >= 0.6 is 23.2 Å². The molecule has 4 nitrogen and oxygen atoms in total. The molecule has 0 aliphatic carbocycles. The van der Waals surface area contributed by atoms with Crippen LogP contribution in [-0.4, -0.2) is 14.2 Å². The highest BCUT2D eigenvalue weighted by atomic mass is 35.5. The highest BCUT2D eigenvalue weighted by Crippen LogP contribution is 2.40. The van der Waals surface area contributed by atoms with E-state index in [0.29, 0.717) is 10.0 Å². The lowest BCUT2D eigenvalue weighted by atomic mass is 10.0. The summed E-state index contributed by atoms with van der Waals surface area (Å²) in [5, 5.41) is 3.16. The van der Waals surface area contributed by atoms with Crippen LogP contribution in [0.15, 0.2) is 84.6 Å². The molecular weight excluding hydrogens is 431 g/mol. The van der Waals surface area contributed by atoms with Crippen LogP contribution in [0.2, 0.25) is 10.0 Å². The Balaban J connectivity index is 1.73. The average molecular weight is 453 g/mol. The quantitative estimate of drug-likeness (QED) is 0.452. The van der Waals surface area contributed by atoms with Crippen LogP contribution in [-0.2, 0) is 0 Å². The van der Waals surface area contributed by atoms with E-state index in [2.05, 4.69) is 11.5 Å². The number of hydrogen-bond donors (Lipinski definition) is 1. The first-order chi connectivity index (χ1) is 15.1. The number of halogens is 2. The van der Waals surface area contributed by atoms with Gasteiger partial charge < -0.3 is 9.47 Å². The van der Waals surface area contributed by atoms with E-state index >= 15 is 0 Å². The fourth-order valence-corrected chi connectivity index (χ4v) is 4.09. The summed E-state index contributed by atoms with van der Waals surface area (Å²) >= 11 is 12.7. The highest BCUT2D eigenvalue weighted by Gasteiger charge is 2.29. The second kappa shape index (κ2) is 9.38. The number of rotatable bonds is 6. The zero-order valence-electron chi connectivity index (χ0n) is 17.2. The van der Waals surface area contributed by atoms with Gasteiger partial charge in [-0.25, -0.2) is 0 Å². The molecule has 0 spiro atoms. The van der Waals surface area contributed by atoms with Crippen molar-refractivity contribution >= 4 is 35.0 Å². The predicted molar refractivity (Wildman–Crippen MR) is 128 cm³/mol. The molecule has 0 amide bonds. The Morgan fingerprint density at radius 3 is 2.32 bits per heavy atom. The number of allylic oxidation sites excluding steroid dienone is 1. The first-order valence-corrected chi connectivity index (χ1v) is 10.5. The maximum Gasteiger partial charge on any atom is 0.126 e. The van der Waals surface area contributed by atoms with Gasteiger partial charge in [0, 0.05) is 16.1 Å². The van der Waals surface area contributed by atoms with E-state index < -0.39 is 0 Å². The molecule has 1 aliphatic heterocycles. The van der Waals surface area contributed by atoms with Crippen molar-refractivity contribution in [1.29, 1.82) is 0 Å². The molecule has 3 aromatic carbocycles. The molecule has 4 rings (SSSR count). The van der Waals surface area contributed by atoms with Crippen LogP contribution < -0.4 is 19.9 Å². The van der Waals surface area contributed by atoms with Crippen LogP contribution in [0.3, 0.4) is 0 Å². The maximum atomic E-state index is 6.54. The summed E-state index contributed by atoms with van der Waals surface area (Å²) < 4.78 is 11.1. The maximum absolute atomic E-state index is 6.54. The van der Waals surface area contributed by atoms with Gasteiger partial charge in [0.15, 0.2) is 0 Å². The molecule has 0 aromatic heterocycles. The molecule has 0 saturated carbocycles. The number of anilines is 1. The predicted octanol–water partition coefficient (Wildman–Crippen LogP) is 6.67. The fourth-order valence-electron chi connectivity index (χ4n) is 3.59. The summed E-state index contributed by atoms with van der Waals surface area (Å²) in [5.41, 5.74) is 7.21. The normalized spacial score (nSPS) is 15.7. The zero-order chi connectivity index (χ0) is 21.8. The van der Waals surface area contributed by atoms with Crippen LogP contribution in [0.1, 0.15) is 17.2 Å². The minimum absolute atomic E-state index is 0.132. The first kappa shape index (κ1) is 21.2. The first-order valence-electron chi connectivity index (χ1n) is 9.77. The third-order valence-electron chi connectivity index (χ3n) is 5.07. The second-order valence-electron chi connectivity index (χ2n) is 6.96. The Morgan fingerprint density at radius 1 is 0.871 bits per heavy atom. The van der Waals surface area contributed by atoms with Crippen LogP contribution in [0.4, 0.5) is 5.69 Å². The summed E-state index contributed by atoms with van der Waals surface area (Å²) in [6, 6.07) is 21.2. The van der Waals surface area contributed by atoms with Crippen molar-refractivity contribution in [3.05, 3.63) is 106 Å². The van der Waals surface area contributed by atoms with Crippen molar-refractivity contribution in [2.24, 2.45) is 0 Å². The van der Waals surface area contributed by atoms with Gasteiger partial charge in [-0.15, -0.1) is 0 Å². The summed E-state index contributed by atoms with van der Waals surface area (Å²) in [6.07, 6.45) is 6.17. The number of nitrogens with one attached hydrogen (secondary N) is 1. The number of hydrazine groups is 1. The molecule has 0 saturated heterocycles. The molecule has 6 heteroatoms. The SMILES string of the molecule is COc1ccccc1/C=C/C1=C[C@@H](c2ccccc2OC)N(c2ccc(Cl)cc2Cl)N1. The van der Waals surface area contributed by atoms with Gasteiger partial charge in [0.2, 0.25) is 0 Å². The fraction of sp³-hybridized carbons (Fsp3) is 0.120. The number of para-hydroxylation sites is 2. The number of benzene rings is 3. The van der Waals surface area contributed by atoms with E-state index in [4.69, 9.17) is 32.7 Å². The Bertz CT molecular complexity index is 1140. The van der Waals surface area contributed by atoms with Crippen molar-refractivity contribution in [3.8, 4) is 11.5 Å². The second-order valence-corrected chi connectivity index (χ2v) is 7.81. The molecule has 31 heavy (non-hydrogen) atoms. The van der Waals surface area contributed by atoms with Crippen molar-refractivity contribution in [2.45, 2.75) is 6.04 Å². The molecule has 158 valence electrons. The molecule has 0 radical (unpaired) electrons. The minimum Gasteiger partial charge on any atom is -0.496 e. The molecule has 0 fully saturated rings. The van der Waals surface area contributed by atoms with Gasteiger partial charge in [-0.1, -0.05) is 59.6 Å². The molecule has 0 unspecified atom stereocenters. The van der Waals surface area contributed by atoms with Crippen molar-refractivity contribution in [3.63, 3.8) is 0 Å². The van der Waals surface area contributed by atoms with E-state index in [1.54, 1.807) is 20.3 Å². The number of ether oxygens (including phenoxy) is 2. The van der Waals surface area contributed by atoms with Gasteiger partial charge in [-0.3, -0.25) is 10.4 Å². The Morgan fingerprint density at radius 2 is 1.58 bits per heavy atom. The van der Waals surface area contributed by atoms with Gasteiger partial charge in [-0.2, -0.15) is 0 Å². The number of nitrogens with zero attached hydrogens (tertiary/aromatic N) is 1. The van der Waals surface area contributed by atoms with E-state index in [9.17, 15) is 0 Å². The van der Waals surface area contributed by atoms with Crippen LogP contribution in [0, 0.1) is 0 Å². The Hall–Kier alpha value is -3.08. The lowest BCUT2D eigenvalue weighted by molar-refractivity contribution is 0.407. The van der Waals surface area contributed by atoms with Gasteiger partial charge in [-0.05, 0) is 48.6 Å². The third-order valence-corrected chi connectivity index (χ3v) is 5.61. The van der Waals surface area contributed by atoms with E-state index in [0.717, 1.165) is 34.0 Å². The summed E-state index contributed by atoms with van der Waals surface area (Å²) in [7, 11) is 3.34. The summed E-state index contributed by atoms with van der Waals surface area (Å²) in [4.78, 5) is 0. The number of hydrogen-bond acceptors (Lipinski definition) is 4. The van der Waals surface area contributed by atoms with Crippen LogP contribution in [0.5, 0.6) is 11.5 Å². The Labute approximate surface area is 192 Å². The largest absolute Gasteiger partial charge is 0.496 e. The lowest BCUT2D eigenvalue weighted by Gasteiger charge is -2.29. The van der Waals surface area contributed by atoms with E-state index in [1.165, 1.54) is 0 Å². The standard InChI is InChI=1S/C25H22Cl2N2O2/c1-30-24-9-5-3-7-17(24)11-13-19-16-23(20-8-4-6-10-25(20)31-2)29(28-19)22-14-12-18(26)15-21(22)27/h3-16,23,28H,1-2H3/b13-11+/t23-/m0/s1. The average Bonchev–Trinajstić information content (AvgIpc) is 3.21. The molecule has 1 N–H and O–H groups in total. The van der Waals surface area contributed by atoms with Crippen molar-refractivity contribution in [1.82, 2.24) is 5.43 Å². The van der Waals surface area contributed by atoms with Gasteiger partial charge in [0.1, 0.15) is 11.5 Å². The van der Waals surface area contributed by atoms with E-state index in [-0.39, 0.29) is 6.04 Å². The highest BCUT2D eigenvalue weighted by molar-refractivity contribution is 6.36. The summed E-state index contributed by atoms with van der Waals surface area (Å²) in [6.45, 7) is 0. The van der Waals surface area contributed by atoms with Gasteiger partial charge >= 0.3 is 0 Å². The van der Waals surface area contributed by atoms with Crippen molar-refractivity contribution in [2.75, 3.05) is 19.2 Å². The molecule has 1 aliphatic rings. The number of methoxy groups -OCH3 is 2. The van der Waals surface area contributed by atoms with Crippen molar-refractivity contribution < 1.29 is 9.47 Å². The molecule has 3 aromatic rings. The molecule has 1 atom stereocenters. The molecule has 0 bridgehead atoms. The summed E-state index contributed by atoms with van der Waals surface area (Å²) in [5.74, 6) is 1.62. The van der Waals surface area contributed by atoms with Crippen LogP contribution in [0.25, 0.3) is 6.08 Å². The monoisotopic (exact) mass is 452 g/mol. The molecule has 1 heterocycles. The smallest absolute Gasteiger partial charge is 0.126 e.